The van der Waals surface area contributed by atoms with Crippen molar-refractivity contribution in [3.8, 4) is 33.9 Å². The van der Waals surface area contributed by atoms with E-state index in [4.69, 9.17) is 15.3 Å². The predicted octanol–water partition coefficient (Wildman–Crippen LogP) is 8.74. The van der Waals surface area contributed by atoms with Gasteiger partial charge in [-0.2, -0.15) is 4.73 Å². The van der Waals surface area contributed by atoms with Crippen molar-refractivity contribution >= 4 is 0 Å². The van der Waals surface area contributed by atoms with E-state index in [1.54, 1.807) is 6.07 Å². The summed E-state index contributed by atoms with van der Waals surface area (Å²) in [7, 11) is 0. The fraction of sp³-hybridized carbons (Fsp3) is 0.133. The van der Waals surface area contributed by atoms with Crippen molar-refractivity contribution in [1.82, 2.24) is 29.8 Å². The van der Waals surface area contributed by atoms with Gasteiger partial charge in [-0.1, -0.05) is 147 Å². The van der Waals surface area contributed by atoms with Gasteiger partial charge in [0.25, 0.3) is 0 Å². The Bertz CT molecular complexity index is 2330. The average molecular weight is 694 g/mol. The van der Waals surface area contributed by atoms with Gasteiger partial charge in [-0.25, -0.2) is 9.67 Å². The van der Waals surface area contributed by atoms with E-state index in [2.05, 4.69) is 132 Å². The molecule has 8 aromatic rings. The molecular weight excluding hydrogens is 655 g/mol. The Morgan fingerprint density at radius 1 is 0.679 bits per heavy atom. The van der Waals surface area contributed by atoms with Gasteiger partial charge in [0.15, 0.2) is 17.7 Å². The van der Waals surface area contributed by atoms with Crippen LogP contribution in [0.25, 0.3) is 33.9 Å². The fourth-order valence-corrected chi connectivity index (χ4v) is 7.30. The minimum Gasteiger partial charge on any atom is -0.618 e. The molecule has 0 fully saturated rings. The third-order valence-corrected chi connectivity index (χ3v) is 9.82. The lowest BCUT2D eigenvalue weighted by Crippen LogP contribution is -2.39. The second-order valence-electron chi connectivity index (χ2n) is 13.2. The van der Waals surface area contributed by atoms with Crippen LogP contribution in [-0.4, -0.2) is 29.8 Å². The second kappa shape index (κ2) is 14.9. The Morgan fingerprint density at radius 3 is 1.89 bits per heavy atom. The largest absolute Gasteiger partial charge is 0.618 e. The van der Waals surface area contributed by atoms with Crippen LogP contribution in [0.4, 0.5) is 0 Å². The topological polar surface area (TPSA) is 88.4 Å². The molecule has 0 bridgehead atoms. The molecule has 8 nitrogen and oxygen atoms in total. The molecule has 260 valence electrons. The number of aromatic nitrogens is 7. The fourth-order valence-electron chi connectivity index (χ4n) is 7.30. The van der Waals surface area contributed by atoms with Crippen molar-refractivity contribution in [3.63, 3.8) is 0 Å². The number of hydrogen-bond donors (Lipinski definition) is 0. The summed E-state index contributed by atoms with van der Waals surface area (Å²) in [4.78, 5) is 4.97. The lowest BCUT2D eigenvalue weighted by molar-refractivity contribution is -0.593. The number of nitrogens with zero attached hydrogens (tertiary/aromatic N) is 7. The molecule has 0 unspecified atom stereocenters. The van der Waals surface area contributed by atoms with Crippen LogP contribution < -0.4 is 4.73 Å². The van der Waals surface area contributed by atoms with Gasteiger partial charge in [-0.3, -0.25) is 0 Å². The maximum atomic E-state index is 12.7. The Labute approximate surface area is 309 Å². The normalized spacial score (nSPS) is 11.5. The molecule has 3 aromatic heterocycles. The summed E-state index contributed by atoms with van der Waals surface area (Å²) >= 11 is 0. The van der Waals surface area contributed by atoms with E-state index in [-0.39, 0.29) is 0 Å². The minimum absolute atomic E-state index is 0.530. The number of imidazole rings is 1. The zero-order chi connectivity index (χ0) is 36.0. The maximum absolute atomic E-state index is 12.7. The molecule has 0 saturated carbocycles. The van der Waals surface area contributed by atoms with E-state index < -0.39 is 5.54 Å². The molecule has 0 saturated heterocycles. The molecule has 8 rings (SSSR count). The van der Waals surface area contributed by atoms with Crippen molar-refractivity contribution in [2.45, 2.75) is 38.3 Å². The van der Waals surface area contributed by atoms with Crippen LogP contribution in [0.5, 0.6) is 0 Å². The first-order chi connectivity index (χ1) is 26.2. The highest BCUT2D eigenvalue weighted by Gasteiger charge is 2.42. The highest BCUT2D eigenvalue weighted by Crippen LogP contribution is 2.43. The Hall–Kier alpha value is -6.67. The van der Waals surface area contributed by atoms with Crippen molar-refractivity contribution in [2.75, 3.05) is 0 Å². The van der Waals surface area contributed by atoms with Gasteiger partial charge in [0, 0.05) is 36.9 Å². The maximum Gasteiger partial charge on any atom is 0.243 e. The van der Waals surface area contributed by atoms with Crippen molar-refractivity contribution in [2.24, 2.45) is 0 Å². The Balaban J connectivity index is 1.33. The number of unbranched alkanes of at least 4 members (excludes halogenated alkanes) is 1. The molecule has 0 aliphatic carbocycles. The summed E-state index contributed by atoms with van der Waals surface area (Å²) in [5.41, 5.74) is 7.43. The van der Waals surface area contributed by atoms with Gasteiger partial charge >= 0.3 is 0 Å². The van der Waals surface area contributed by atoms with Gasteiger partial charge in [0.2, 0.25) is 5.69 Å². The average Bonchev–Trinajstić information content (AvgIpc) is 3.87. The lowest BCUT2D eigenvalue weighted by Gasteiger charge is -2.36. The number of pyridine rings is 1. The molecule has 0 aliphatic rings. The zero-order valence-corrected chi connectivity index (χ0v) is 29.5. The molecule has 0 N–H and O–H groups in total. The number of aryl methyl sites for hydroxylation is 1. The predicted molar refractivity (Wildman–Crippen MR) is 208 cm³/mol. The standard InChI is InChI=1S/C45H39N7O/c1-2-3-27-43-46-41(42-26-16-17-30-51(42)53)33-50(43)32-34-28-29-39(35-18-8-4-9-19-35)40(31-34)44-47-48-49-52(44)45(36-20-10-5-11-21-36,37-22-12-6-13-23-37)38-24-14-7-15-25-38/h4-26,28-31,33H,2-3,27,32H2,1H3. The summed E-state index contributed by atoms with van der Waals surface area (Å²) < 4.78 is 5.04. The third kappa shape index (κ3) is 6.40. The molecule has 0 atom stereocenters. The van der Waals surface area contributed by atoms with Crippen LogP contribution in [-0.2, 0) is 18.5 Å². The van der Waals surface area contributed by atoms with E-state index in [1.165, 1.54) is 6.20 Å². The summed E-state index contributed by atoms with van der Waals surface area (Å²) in [6.45, 7) is 2.73. The highest BCUT2D eigenvalue weighted by molar-refractivity contribution is 5.81. The number of tetrazole rings is 1. The smallest absolute Gasteiger partial charge is 0.243 e. The van der Waals surface area contributed by atoms with Crippen LogP contribution >= 0.6 is 0 Å². The number of benzene rings is 5. The quantitative estimate of drug-likeness (QED) is 0.0726. The Kier molecular flexibility index (Phi) is 9.41. The van der Waals surface area contributed by atoms with Crippen LogP contribution in [0.15, 0.2) is 170 Å². The van der Waals surface area contributed by atoms with Crippen molar-refractivity contribution in [3.05, 3.63) is 203 Å². The highest BCUT2D eigenvalue weighted by atomic mass is 16.5. The number of rotatable bonds is 12. The third-order valence-electron chi connectivity index (χ3n) is 9.82. The van der Waals surface area contributed by atoms with Crippen LogP contribution in [0.2, 0.25) is 0 Å². The SMILES string of the molecule is CCCCc1nc(-c2cccc[n+]2[O-])cn1Cc1ccc(-c2ccccc2)c(-c2nnnn2C(c2ccccc2)(c2ccccc2)c2ccccc2)c1. The first-order valence-electron chi connectivity index (χ1n) is 18.1. The molecular formula is C45H39N7O. The second-order valence-corrected chi connectivity index (χ2v) is 13.2. The lowest BCUT2D eigenvalue weighted by atomic mass is 9.77. The van der Waals surface area contributed by atoms with Crippen molar-refractivity contribution in [1.29, 1.82) is 0 Å². The minimum atomic E-state index is -0.900. The van der Waals surface area contributed by atoms with Gasteiger partial charge in [-0.05, 0) is 62.4 Å². The van der Waals surface area contributed by atoms with E-state index >= 15 is 0 Å². The first kappa shape index (κ1) is 33.5. The zero-order valence-electron chi connectivity index (χ0n) is 29.5. The summed E-state index contributed by atoms with van der Waals surface area (Å²) in [5.74, 6) is 1.58. The molecule has 0 radical (unpaired) electrons. The van der Waals surface area contributed by atoms with Crippen LogP contribution in [0, 0.1) is 5.21 Å². The van der Waals surface area contributed by atoms with Crippen molar-refractivity contribution < 1.29 is 4.73 Å². The molecule has 0 aliphatic heterocycles. The summed E-state index contributed by atoms with van der Waals surface area (Å²) in [5, 5.41) is 26.8. The number of hydrogen-bond acceptors (Lipinski definition) is 5. The van der Waals surface area contributed by atoms with Gasteiger partial charge in [0.05, 0.1) is 0 Å². The molecule has 0 amide bonds. The Morgan fingerprint density at radius 2 is 1.28 bits per heavy atom. The first-order valence-corrected chi connectivity index (χ1v) is 18.1. The monoisotopic (exact) mass is 693 g/mol. The van der Waals surface area contributed by atoms with Gasteiger partial charge in [0.1, 0.15) is 11.4 Å². The van der Waals surface area contributed by atoms with Gasteiger partial charge in [-0.15, -0.1) is 5.10 Å². The summed E-state index contributed by atoms with van der Waals surface area (Å²) in [6, 6.07) is 53.7. The van der Waals surface area contributed by atoms with Crippen LogP contribution in [0.3, 0.4) is 0 Å². The molecule has 0 spiro atoms. The molecule has 8 heteroatoms. The van der Waals surface area contributed by atoms with E-state index in [9.17, 15) is 5.21 Å². The van der Waals surface area contributed by atoms with Gasteiger partial charge < -0.3 is 9.77 Å². The van der Waals surface area contributed by atoms with E-state index in [0.29, 0.717) is 23.8 Å². The molecule has 5 aromatic carbocycles. The summed E-state index contributed by atoms with van der Waals surface area (Å²) in [6.07, 6.45) is 6.35. The van der Waals surface area contributed by atoms with E-state index in [0.717, 1.165) is 68.8 Å². The molecule has 53 heavy (non-hydrogen) atoms. The van der Waals surface area contributed by atoms with Crippen LogP contribution in [0.1, 0.15) is 47.8 Å². The molecule has 3 heterocycles. The van der Waals surface area contributed by atoms with E-state index in [1.807, 2.05) is 47.3 Å².